The summed E-state index contributed by atoms with van der Waals surface area (Å²) < 4.78 is 6.51. The predicted octanol–water partition coefficient (Wildman–Crippen LogP) is 12.2. The number of nitrogens with zero attached hydrogens (tertiary/aromatic N) is 3. The van der Waals surface area contributed by atoms with Crippen molar-refractivity contribution in [2.45, 2.75) is 6.92 Å². The molecule has 0 saturated carbocycles. The van der Waals surface area contributed by atoms with Gasteiger partial charge >= 0.3 is 0 Å². The molecule has 0 unspecified atom stereocenters. The molecule has 8 aromatic carbocycles. The maximum absolute atomic E-state index is 6.51. The largest absolute Gasteiger partial charge is 0.455 e. The average Bonchev–Trinajstić information content (AvgIpc) is 3.55. The van der Waals surface area contributed by atoms with Crippen LogP contribution < -0.4 is 0 Å². The highest BCUT2D eigenvalue weighted by Gasteiger charge is 2.19. The monoisotopic (exact) mass is 639 g/mol. The molecule has 10 rings (SSSR count). The third kappa shape index (κ3) is 4.65. The Hall–Kier alpha value is -6.65. The smallest absolute Gasteiger partial charge is 0.164 e. The molecule has 4 heteroatoms. The number of para-hydroxylation sites is 1. The number of hydrogen-bond donors (Lipinski definition) is 0. The molecule has 0 saturated heterocycles. The van der Waals surface area contributed by atoms with Gasteiger partial charge in [-0.3, -0.25) is 0 Å². The zero-order valence-electron chi connectivity index (χ0n) is 27.3. The average molecular weight is 640 g/mol. The summed E-state index contributed by atoms with van der Waals surface area (Å²) in [6.07, 6.45) is 0. The van der Waals surface area contributed by atoms with Crippen LogP contribution >= 0.6 is 0 Å². The highest BCUT2D eigenvalue weighted by molar-refractivity contribution is 6.13. The molecule has 50 heavy (non-hydrogen) atoms. The van der Waals surface area contributed by atoms with E-state index in [9.17, 15) is 0 Å². The number of hydrogen-bond acceptors (Lipinski definition) is 4. The molecule has 0 spiro atoms. The minimum absolute atomic E-state index is 0.631. The van der Waals surface area contributed by atoms with Gasteiger partial charge < -0.3 is 4.42 Å². The van der Waals surface area contributed by atoms with Crippen LogP contribution in [-0.4, -0.2) is 15.0 Å². The molecule has 0 aliphatic carbocycles. The van der Waals surface area contributed by atoms with Gasteiger partial charge in [0.05, 0.1) is 0 Å². The summed E-state index contributed by atoms with van der Waals surface area (Å²) in [6, 6.07) is 55.1. The quantitative estimate of drug-likeness (QED) is 0.192. The summed E-state index contributed by atoms with van der Waals surface area (Å²) in [4.78, 5) is 15.4. The molecule has 0 N–H and O–H groups in total. The summed E-state index contributed by atoms with van der Waals surface area (Å²) >= 11 is 0. The number of aryl methyl sites for hydroxylation is 1. The van der Waals surface area contributed by atoms with Crippen LogP contribution in [0.15, 0.2) is 162 Å². The molecule has 0 radical (unpaired) electrons. The summed E-state index contributed by atoms with van der Waals surface area (Å²) in [5.41, 5.74) is 8.00. The van der Waals surface area contributed by atoms with E-state index in [0.29, 0.717) is 17.5 Å². The van der Waals surface area contributed by atoms with Gasteiger partial charge in [0.15, 0.2) is 17.5 Å². The minimum atomic E-state index is 0.631. The van der Waals surface area contributed by atoms with Gasteiger partial charge in [-0.25, -0.2) is 15.0 Å². The first-order valence-corrected chi connectivity index (χ1v) is 16.9. The SMILES string of the molecule is Cc1ccc2oc3c(-c4ccc(-c5nc(-c6ccc7ccccc7c6)nc(-c6ccc7ccccc7c6)n5)c5ccccc45)cccc3c2c1. The first-order valence-electron chi connectivity index (χ1n) is 16.9. The molecule has 0 aliphatic rings. The second kappa shape index (κ2) is 11.2. The number of furan rings is 1. The van der Waals surface area contributed by atoms with Gasteiger partial charge in [0, 0.05) is 33.0 Å². The molecule has 2 heterocycles. The molecule has 0 bridgehead atoms. The van der Waals surface area contributed by atoms with Crippen LogP contribution in [0.5, 0.6) is 0 Å². The lowest BCUT2D eigenvalue weighted by Crippen LogP contribution is -2.01. The van der Waals surface area contributed by atoms with E-state index in [1.165, 1.54) is 16.3 Å². The van der Waals surface area contributed by atoms with Crippen LogP contribution in [-0.2, 0) is 0 Å². The van der Waals surface area contributed by atoms with Crippen molar-refractivity contribution in [3.8, 4) is 45.3 Å². The fourth-order valence-electron chi connectivity index (χ4n) is 7.26. The van der Waals surface area contributed by atoms with Crippen LogP contribution in [0.4, 0.5) is 0 Å². The molecule has 234 valence electrons. The van der Waals surface area contributed by atoms with E-state index in [4.69, 9.17) is 19.4 Å². The van der Waals surface area contributed by atoms with E-state index in [1.807, 2.05) is 0 Å². The lowest BCUT2D eigenvalue weighted by Gasteiger charge is -2.13. The Morgan fingerprint density at radius 2 is 0.940 bits per heavy atom. The van der Waals surface area contributed by atoms with Crippen molar-refractivity contribution in [2.75, 3.05) is 0 Å². The second-order valence-electron chi connectivity index (χ2n) is 12.9. The Labute approximate surface area is 288 Å². The number of benzene rings is 8. The van der Waals surface area contributed by atoms with Gasteiger partial charge in [-0.05, 0) is 75.1 Å². The van der Waals surface area contributed by atoms with E-state index >= 15 is 0 Å². The maximum atomic E-state index is 6.51. The van der Waals surface area contributed by atoms with Crippen LogP contribution in [0.25, 0.3) is 99.5 Å². The van der Waals surface area contributed by atoms with E-state index in [-0.39, 0.29) is 0 Å². The molecule has 10 aromatic rings. The van der Waals surface area contributed by atoms with Crippen molar-refractivity contribution in [3.05, 3.63) is 163 Å². The number of rotatable bonds is 4. The van der Waals surface area contributed by atoms with Gasteiger partial charge in [-0.15, -0.1) is 0 Å². The second-order valence-corrected chi connectivity index (χ2v) is 12.9. The molecule has 0 fully saturated rings. The van der Waals surface area contributed by atoms with Crippen molar-refractivity contribution < 1.29 is 4.42 Å². The standard InChI is InChI=1S/C46H29N3O/c1-28-17-24-42-41(25-28)39-16-8-15-38(43(39)50-42)37-22-23-40(36-14-7-6-13-35(36)37)46-48-44(33-20-18-29-9-2-4-11-31(29)26-33)47-45(49-46)34-21-19-30-10-3-5-12-32(30)27-34/h2-27H,1H3. The van der Waals surface area contributed by atoms with Crippen LogP contribution in [0.1, 0.15) is 5.56 Å². The Balaban J connectivity index is 1.19. The molecule has 0 aliphatic heterocycles. The van der Waals surface area contributed by atoms with E-state index in [2.05, 4.69) is 165 Å². The van der Waals surface area contributed by atoms with Crippen molar-refractivity contribution in [2.24, 2.45) is 0 Å². The molecule has 4 nitrogen and oxygen atoms in total. The lowest BCUT2D eigenvalue weighted by molar-refractivity contribution is 0.670. The summed E-state index contributed by atoms with van der Waals surface area (Å²) in [6.45, 7) is 2.12. The third-order valence-electron chi connectivity index (χ3n) is 9.76. The maximum Gasteiger partial charge on any atom is 0.164 e. The zero-order valence-corrected chi connectivity index (χ0v) is 27.3. The van der Waals surface area contributed by atoms with Crippen molar-refractivity contribution in [1.82, 2.24) is 15.0 Å². The first kappa shape index (κ1) is 28.4. The Kier molecular flexibility index (Phi) is 6.36. The van der Waals surface area contributed by atoms with Gasteiger partial charge in [-0.1, -0.05) is 133 Å². The van der Waals surface area contributed by atoms with E-state index < -0.39 is 0 Å². The fraction of sp³-hybridized carbons (Fsp3) is 0.0217. The molecular weight excluding hydrogens is 611 g/mol. The minimum Gasteiger partial charge on any atom is -0.455 e. The number of aromatic nitrogens is 3. The molecule has 0 atom stereocenters. The Morgan fingerprint density at radius 1 is 0.380 bits per heavy atom. The topological polar surface area (TPSA) is 51.8 Å². The molecule has 0 amide bonds. The summed E-state index contributed by atoms with van der Waals surface area (Å²) in [5.74, 6) is 1.91. The van der Waals surface area contributed by atoms with Crippen molar-refractivity contribution >= 4 is 54.3 Å². The Bertz CT molecular complexity index is 2860. The zero-order chi connectivity index (χ0) is 33.2. The highest BCUT2D eigenvalue weighted by Crippen LogP contribution is 2.41. The predicted molar refractivity (Wildman–Crippen MR) is 206 cm³/mol. The normalized spacial score (nSPS) is 11.7. The highest BCUT2D eigenvalue weighted by atomic mass is 16.3. The van der Waals surface area contributed by atoms with Gasteiger partial charge in [-0.2, -0.15) is 0 Å². The summed E-state index contributed by atoms with van der Waals surface area (Å²) in [7, 11) is 0. The molecule has 2 aromatic heterocycles. The Morgan fingerprint density at radius 3 is 1.62 bits per heavy atom. The van der Waals surface area contributed by atoms with E-state index in [0.717, 1.165) is 71.3 Å². The van der Waals surface area contributed by atoms with Crippen LogP contribution in [0.3, 0.4) is 0 Å². The lowest BCUT2D eigenvalue weighted by atomic mass is 9.93. The van der Waals surface area contributed by atoms with Gasteiger partial charge in [0.2, 0.25) is 0 Å². The van der Waals surface area contributed by atoms with Crippen molar-refractivity contribution in [1.29, 1.82) is 0 Å². The van der Waals surface area contributed by atoms with Gasteiger partial charge in [0.25, 0.3) is 0 Å². The fourth-order valence-corrected chi connectivity index (χ4v) is 7.26. The first-order chi connectivity index (χ1) is 24.7. The summed E-state index contributed by atoms with van der Waals surface area (Å²) in [5, 5.41) is 9.06. The molecular formula is C46H29N3O. The third-order valence-corrected chi connectivity index (χ3v) is 9.76. The van der Waals surface area contributed by atoms with Gasteiger partial charge in [0.1, 0.15) is 11.2 Å². The number of fused-ring (bicyclic) bond motifs is 6. The van der Waals surface area contributed by atoms with Crippen LogP contribution in [0.2, 0.25) is 0 Å². The van der Waals surface area contributed by atoms with E-state index in [1.54, 1.807) is 0 Å². The van der Waals surface area contributed by atoms with Crippen LogP contribution in [0, 0.1) is 6.92 Å². The van der Waals surface area contributed by atoms with Crippen molar-refractivity contribution in [3.63, 3.8) is 0 Å².